The zero-order valence-corrected chi connectivity index (χ0v) is 32.0. The molecule has 4 fully saturated rings. The molecule has 0 saturated heterocycles. The molecule has 8 heteroatoms. The number of esters is 2. The second-order valence-corrected chi connectivity index (χ2v) is 18.4. The normalized spacial score (nSPS) is 44.9. The first-order chi connectivity index (χ1) is 22.6. The highest BCUT2D eigenvalue weighted by atomic mass is 16.5. The number of hydrogen-bond acceptors (Lipinski definition) is 8. The lowest BCUT2D eigenvalue weighted by atomic mass is 9.35. The molecule has 12 atom stereocenters. The maximum absolute atomic E-state index is 12.7. The summed E-state index contributed by atoms with van der Waals surface area (Å²) in [4.78, 5) is 25.5. The molecule has 0 heterocycles. The number of aliphatic hydroxyl groups excluding tert-OH is 4. The Hall–Kier alpha value is -2.00. The minimum absolute atomic E-state index is 0.0942. The van der Waals surface area contributed by atoms with Crippen LogP contribution in [0, 0.1) is 50.2 Å². The van der Waals surface area contributed by atoms with E-state index < -0.39 is 46.6 Å². The predicted octanol–water partition coefficient (Wildman–Crippen LogP) is 6.70. The van der Waals surface area contributed by atoms with Gasteiger partial charge in [0.2, 0.25) is 0 Å². The Kier molecular flexibility index (Phi) is 11.2. The number of fused-ring (bicyclic) bond motifs is 2. The molecule has 4 saturated carbocycles. The minimum Gasteiger partial charge on any atom is -0.462 e. The molecule has 3 unspecified atom stereocenters. The van der Waals surface area contributed by atoms with Crippen LogP contribution in [0.5, 0.6) is 0 Å². The van der Waals surface area contributed by atoms with Gasteiger partial charge in [-0.15, -0.1) is 6.58 Å². The molecule has 0 aromatic rings. The van der Waals surface area contributed by atoms with Gasteiger partial charge in [0.15, 0.2) is 0 Å². The van der Waals surface area contributed by atoms with Gasteiger partial charge in [-0.1, -0.05) is 59.3 Å². The van der Waals surface area contributed by atoms with E-state index in [9.17, 15) is 30.0 Å². The van der Waals surface area contributed by atoms with Crippen LogP contribution < -0.4 is 0 Å². The molecule has 0 amide bonds. The third-order valence-electron chi connectivity index (χ3n) is 14.9. The van der Waals surface area contributed by atoms with Gasteiger partial charge in [-0.05, 0) is 118 Å². The fourth-order valence-electron chi connectivity index (χ4n) is 11.6. The van der Waals surface area contributed by atoms with Crippen LogP contribution >= 0.6 is 0 Å². The van der Waals surface area contributed by atoms with E-state index in [1.165, 1.54) is 6.08 Å². The van der Waals surface area contributed by atoms with Crippen LogP contribution in [-0.4, -0.2) is 70.0 Å². The molecule has 0 radical (unpaired) electrons. The molecule has 0 spiro atoms. The van der Waals surface area contributed by atoms with Crippen LogP contribution in [0.25, 0.3) is 0 Å². The Morgan fingerprint density at radius 2 is 1.49 bits per heavy atom. The van der Waals surface area contributed by atoms with Gasteiger partial charge in [-0.2, -0.15) is 0 Å². The summed E-state index contributed by atoms with van der Waals surface area (Å²) >= 11 is 0. The predicted molar refractivity (Wildman–Crippen MR) is 191 cm³/mol. The van der Waals surface area contributed by atoms with E-state index in [2.05, 4.69) is 34.3 Å². The van der Waals surface area contributed by atoms with Crippen molar-refractivity contribution in [1.82, 2.24) is 0 Å². The molecule has 278 valence electrons. The van der Waals surface area contributed by atoms with Gasteiger partial charge in [0.25, 0.3) is 0 Å². The van der Waals surface area contributed by atoms with Crippen molar-refractivity contribution in [2.75, 3.05) is 13.2 Å². The fraction of sp³-hybridized carbons (Fsp3) is 0.805. The molecule has 4 aliphatic rings. The monoisotopic (exact) mass is 686 g/mol. The zero-order chi connectivity index (χ0) is 37.0. The summed E-state index contributed by atoms with van der Waals surface area (Å²) < 4.78 is 11.6. The Bertz CT molecular complexity index is 1330. The van der Waals surface area contributed by atoms with Crippen molar-refractivity contribution in [2.24, 2.45) is 50.2 Å². The third kappa shape index (κ3) is 6.51. The smallest absolute Gasteiger partial charge is 0.333 e. The molecule has 0 aromatic carbocycles. The number of carbonyl (C=O) groups excluding carboxylic acids is 2. The summed E-state index contributed by atoms with van der Waals surface area (Å²) in [5.74, 6) is -0.833. The van der Waals surface area contributed by atoms with Gasteiger partial charge < -0.3 is 29.9 Å². The Morgan fingerprint density at radius 3 is 2.08 bits per heavy atom. The van der Waals surface area contributed by atoms with E-state index in [0.29, 0.717) is 31.3 Å². The van der Waals surface area contributed by atoms with E-state index in [0.717, 1.165) is 31.3 Å². The lowest BCUT2D eigenvalue weighted by Gasteiger charge is -2.70. The highest BCUT2D eigenvalue weighted by molar-refractivity contribution is 5.87. The lowest BCUT2D eigenvalue weighted by Crippen LogP contribution is -2.70. The average Bonchev–Trinajstić information content (AvgIpc) is 3.01. The van der Waals surface area contributed by atoms with Crippen LogP contribution in [0.2, 0.25) is 0 Å². The highest BCUT2D eigenvalue weighted by Crippen LogP contribution is 2.73. The molecule has 4 aliphatic carbocycles. The van der Waals surface area contributed by atoms with Crippen molar-refractivity contribution in [3.63, 3.8) is 0 Å². The minimum atomic E-state index is -1.26. The molecule has 4 rings (SSSR count). The van der Waals surface area contributed by atoms with Gasteiger partial charge in [0.05, 0.1) is 36.4 Å². The first-order valence-corrected chi connectivity index (χ1v) is 18.5. The average molecular weight is 687 g/mol. The van der Waals surface area contributed by atoms with Crippen molar-refractivity contribution in [1.29, 1.82) is 0 Å². The van der Waals surface area contributed by atoms with Crippen LogP contribution in [0.15, 0.2) is 36.0 Å². The molecular formula is C41H66O8. The third-order valence-corrected chi connectivity index (χ3v) is 14.9. The molecule has 4 N–H and O–H groups in total. The van der Waals surface area contributed by atoms with Gasteiger partial charge in [-0.3, -0.25) is 0 Å². The zero-order valence-electron chi connectivity index (χ0n) is 32.0. The van der Waals surface area contributed by atoms with E-state index in [1.807, 2.05) is 40.7 Å². The summed E-state index contributed by atoms with van der Waals surface area (Å²) in [5.41, 5.74) is -1.92. The van der Waals surface area contributed by atoms with E-state index >= 15 is 0 Å². The van der Waals surface area contributed by atoms with Gasteiger partial charge in [0, 0.05) is 17.1 Å². The van der Waals surface area contributed by atoms with E-state index in [4.69, 9.17) is 9.47 Å². The summed E-state index contributed by atoms with van der Waals surface area (Å²) in [6.45, 7) is 24.4. The van der Waals surface area contributed by atoms with E-state index in [1.54, 1.807) is 13.0 Å². The number of rotatable bonds is 9. The molecule has 0 aliphatic heterocycles. The van der Waals surface area contributed by atoms with Crippen molar-refractivity contribution < 1.29 is 39.5 Å². The molecule has 0 aromatic heterocycles. The molecule has 8 nitrogen and oxygen atoms in total. The molecular weight excluding hydrogens is 620 g/mol. The van der Waals surface area contributed by atoms with Gasteiger partial charge in [0.1, 0.15) is 6.61 Å². The molecule has 0 bridgehead atoms. The number of allylic oxidation sites excluding steroid dienone is 3. The summed E-state index contributed by atoms with van der Waals surface area (Å²) in [7, 11) is 0. The summed E-state index contributed by atoms with van der Waals surface area (Å²) in [6.07, 6.45) is 6.74. The number of aliphatic hydroxyl groups is 4. The first kappa shape index (κ1) is 39.8. The van der Waals surface area contributed by atoms with Crippen molar-refractivity contribution in [3.8, 4) is 0 Å². The van der Waals surface area contributed by atoms with Crippen LogP contribution in [0.3, 0.4) is 0 Å². The maximum Gasteiger partial charge on any atom is 0.333 e. The van der Waals surface area contributed by atoms with Crippen LogP contribution in [0.4, 0.5) is 0 Å². The van der Waals surface area contributed by atoms with Crippen molar-refractivity contribution in [2.45, 2.75) is 145 Å². The second kappa shape index (κ2) is 13.9. The number of ether oxygens (including phenoxy) is 2. The summed E-state index contributed by atoms with van der Waals surface area (Å²) in [5, 5.41) is 47.0. The fourth-order valence-corrected chi connectivity index (χ4v) is 11.6. The van der Waals surface area contributed by atoms with Crippen LogP contribution in [0.1, 0.15) is 121 Å². The topological polar surface area (TPSA) is 134 Å². The van der Waals surface area contributed by atoms with Gasteiger partial charge in [-0.25, -0.2) is 9.59 Å². The quantitative estimate of drug-likeness (QED) is 0.120. The lowest BCUT2D eigenvalue weighted by molar-refractivity contribution is -0.276. The largest absolute Gasteiger partial charge is 0.462 e. The maximum atomic E-state index is 12.7. The molecule has 49 heavy (non-hydrogen) atoms. The number of hydrogen-bond donors (Lipinski definition) is 4. The first-order valence-electron chi connectivity index (χ1n) is 18.5. The number of carbonyl (C=O) groups is 2. The second-order valence-electron chi connectivity index (χ2n) is 18.4. The Morgan fingerprint density at radius 1 is 0.837 bits per heavy atom. The Balaban J connectivity index is 1.74. The SMILES string of the molecule is C=CCC1[C@@]2(C)CC[C@H](O)[C@](C)(COC(=O)/C(C)=C/C)C2CC[C@@]1(C)[C@@]1(C)CC2CC(C)(C)[C@@H](O)[C@H](O)[C@]2(COC(=O)C=C(C)C)[C@H](O)C1. The van der Waals surface area contributed by atoms with Crippen molar-refractivity contribution in [3.05, 3.63) is 36.0 Å². The Labute approximate surface area is 295 Å². The van der Waals surface area contributed by atoms with E-state index in [-0.39, 0.29) is 53.2 Å². The standard InChI is InChI=1S/C41H66O8/c1-12-14-29-38(9)17-16-30(42)39(10,23-49-35(47)26(5)13-2)28(38)15-18-40(29,11)37(8)21-27-20-36(6,7)33(45)34(46)41(27,31(43)22-37)24-48-32(44)19-25(3)4/h12-13,19,27-31,33-34,42-43,45-46H,1,14-18,20-24H2,2-11H3/b26-13+/t27?,28?,29?,30-,31+,33-,34-,37-,38-,39+,40+,41-/m0/s1. The van der Waals surface area contributed by atoms with Crippen LogP contribution in [-0.2, 0) is 19.1 Å². The summed E-state index contributed by atoms with van der Waals surface area (Å²) in [6, 6.07) is 0. The van der Waals surface area contributed by atoms with Gasteiger partial charge >= 0.3 is 11.9 Å². The van der Waals surface area contributed by atoms with Crippen molar-refractivity contribution >= 4 is 11.9 Å². The highest BCUT2D eigenvalue weighted by Gasteiger charge is 2.70.